The number of nitrogens with one attached hydrogen (secondary N) is 3. The molecule has 0 radical (unpaired) electrons. The van der Waals surface area contributed by atoms with Crippen LogP contribution in [0.1, 0.15) is 36.8 Å². The normalized spacial score (nSPS) is 15.7. The summed E-state index contributed by atoms with van der Waals surface area (Å²) in [4.78, 5) is 10.3. The van der Waals surface area contributed by atoms with Gasteiger partial charge in [-0.1, -0.05) is 12.1 Å². The Morgan fingerprint density at radius 2 is 1.96 bits per heavy atom. The number of likely N-dealkylation sites (tertiary alicyclic amines) is 1. The molecule has 0 bridgehead atoms. The molecule has 1 fully saturated rings. The van der Waals surface area contributed by atoms with Crippen molar-refractivity contribution in [2.75, 3.05) is 39.8 Å². The summed E-state index contributed by atoms with van der Waals surface area (Å²) in [6.07, 6.45) is 8.33. The predicted octanol–water partition coefficient (Wildman–Crippen LogP) is 3.06. The van der Waals surface area contributed by atoms with Gasteiger partial charge in [0.15, 0.2) is 5.96 Å². The lowest BCUT2D eigenvalue weighted by atomic mass is 10.1. The van der Waals surface area contributed by atoms with Gasteiger partial charge in [0.2, 0.25) is 0 Å². The van der Waals surface area contributed by atoms with Gasteiger partial charge in [-0.3, -0.25) is 4.99 Å². The number of unbranched alkanes of at least 4 members (excludes halogenated alkanes) is 1. The second kappa shape index (κ2) is 9.62. The molecule has 5 nitrogen and oxygen atoms in total. The number of aromatic nitrogens is 1. The maximum atomic E-state index is 4.33. The maximum Gasteiger partial charge on any atom is 0.190 e. The Morgan fingerprint density at radius 3 is 2.77 bits per heavy atom. The van der Waals surface area contributed by atoms with E-state index in [2.05, 4.69) is 56.8 Å². The molecule has 1 aromatic heterocycles. The highest BCUT2D eigenvalue weighted by Crippen LogP contribution is 2.19. The Kier molecular flexibility index (Phi) is 6.95. The van der Waals surface area contributed by atoms with Crippen LogP contribution in [-0.2, 0) is 6.42 Å². The molecule has 3 rings (SSSR count). The lowest BCUT2D eigenvalue weighted by Crippen LogP contribution is -2.38. The highest BCUT2D eigenvalue weighted by atomic mass is 15.2. The van der Waals surface area contributed by atoms with Gasteiger partial charge in [0, 0.05) is 37.2 Å². The number of H-pyrrole nitrogens is 1. The lowest BCUT2D eigenvalue weighted by Gasteiger charge is -2.15. The number of guanidine groups is 1. The summed E-state index contributed by atoms with van der Waals surface area (Å²) in [5.74, 6) is 0.904. The first-order chi connectivity index (χ1) is 12.8. The Hall–Kier alpha value is -2.01. The van der Waals surface area contributed by atoms with Crippen molar-refractivity contribution in [2.24, 2.45) is 4.99 Å². The fraction of sp³-hybridized carbons (Fsp3) is 0.571. The molecule has 0 unspecified atom stereocenters. The quantitative estimate of drug-likeness (QED) is 0.387. The molecule has 0 aliphatic carbocycles. The van der Waals surface area contributed by atoms with E-state index in [4.69, 9.17) is 0 Å². The summed E-state index contributed by atoms with van der Waals surface area (Å²) in [5.41, 5.74) is 3.87. The monoisotopic (exact) mass is 355 g/mol. The zero-order chi connectivity index (χ0) is 18.2. The van der Waals surface area contributed by atoms with E-state index in [1.54, 1.807) is 0 Å². The van der Waals surface area contributed by atoms with Crippen LogP contribution in [0, 0.1) is 6.92 Å². The van der Waals surface area contributed by atoms with Gasteiger partial charge in [-0.15, -0.1) is 0 Å². The molecule has 142 valence electrons. The predicted molar refractivity (Wildman–Crippen MR) is 111 cm³/mol. The van der Waals surface area contributed by atoms with Gasteiger partial charge in [0.1, 0.15) is 0 Å². The van der Waals surface area contributed by atoms with Crippen molar-refractivity contribution in [3.05, 3.63) is 35.5 Å². The van der Waals surface area contributed by atoms with E-state index in [1.165, 1.54) is 67.3 Å². The Morgan fingerprint density at radius 1 is 1.15 bits per heavy atom. The fourth-order valence-electron chi connectivity index (χ4n) is 3.72. The lowest BCUT2D eigenvalue weighted by molar-refractivity contribution is 0.330. The number of rotatable bonds is 8. The van der Waals surface area contributed by atoms with Crippen LogP contribution in [0.15, 0.2) is 29.4 Å². The van der Waals surface area contributed by atoms with Gasteiger partial charge in [-0.25, -0.2) is 0 Å². The first-order valence-corrected chi connectivity index (χ1v) is 10.00. The molecule has 2 heterocycles. The number of aryl methyl sites for hydroxylation is 1. The van der Waals surface area contributed by atoms with Crippen LogP contribution in [0.25, 0.3) is 10.9 Å². The molecule has 26 heavy (non-hydrogen) atoms. The van der Waals surface area contributed by atoms with Gasteiger partial charge in [0.05, 0.1) is 0 Å². The molecule has 1 saturated heterocycles. The standard InChI is InChI=1S/C21H33N5/c1-17-7-8-19-18(16-25-20(19)15-17)9-11-24-21(22-2)23-10-3-4-12-26-13-5-6-14-26/h7-8,15-16,25H,3-6,9-14H2,1-2H3,(H2,22,23,24). The SMILES string of the molecule is CN=C(NCCCCN1CCCC1)NCCc1c[nH]c2cc(C)ccc12. The average Bonchev–Trinajstić information content (AvgIpc) is 3.29. The molecule has 0 atom stereocenters. The average molecular weight is 356 g/mol. The van der Waals surface area contributed by atoms with E-state index in [0.29, 0.717) is 0 Å². The number of hydrogen-bond donors (Lipinski definition) is 3. The topological polar surface area (TPSA) is 55.5 Å². The van der Waals surface area contributed by atoms with E-state index in [1.807, 2.05) is 7.05 Å². The van der Waals surface area contributed by atoms with Gasteiger partial charge in [-0.05, 0) is 75.9 Å². The highest BCUT2D eigenvalue weighted by Gasteiger charge is 2.10. The van der Waals surface area contributed by atoms with Crippen molar-refractivity contribution in [3.8, 4) is 0 Å². The van der Waals surface area contributed by atoms with Crippen LogP contribution in [-0.4, -0.2) is 55.6 Å². The van der Waals surface area contributed by atoms with Crippen molar-refractivity contribution < 1.29 is 0 Å². The number of nitrogens with zero attached hydrogens (tertiary/aromatic N) is 2. The number of aliphatic imine (C=N–C) groups is 1. The molecule has 5 heteroatoms. The van der Waals surface area contributed by atoms with Crippen LogP contribution >= 0.6 is 0 Å². The van der Waals surface area contributed by atoms with E-state index in [9.17, 15) is 0 Å². The van der Waals surface area contributed by atoms with Gasteiger partial charge in [0.25, 0.3) is 0 Å². The highest BCUT2D eigenvalue weighted by molar-refractivity contribution is 5.84. The molecule has 0 saturated carbocycles. The smallest absolute Gasteiger partial charge is 0.190 e. The van der Waals surface area contributed by atoms with Gasteiger partial charge < -0.3 is 20.5 Å². The number of hydrogen-bond acceptors (Lipinski definition) is 2. The van der Waals surface area contributed by atoms with Crippen LogP contribution in [0.3, 0.4) is 0 Å². The van der Waals surface area contributed by atoms with Crippen molar-refractivity contribution in [1.82, 2.24) is 20.5 Å². The van der Waals surface area contributed by atoms with Crippen molar-refractivity contribution in [1.29, 1.82) is 0 Å². The molecule has 0 amide bonds. The Bertz CT molecular complexity index is 712. The number of benzene rings is 1. The summed E-state index contributed by atoms with van der Waals surface area (Å²) in [7, 11) is 1.84. The first kappa shape index (κ1) is 18.8. The van der Waals surface area contributed by atoms with E-state index in [0.717, 1.165) is 25.5 Å². The third-order valence-electron chi connectivity index (χ3n) is 5.23. The van der Waals surface area contributed by atoms with Crippen molar-refractivity contribution in [2.45, 2.75) is 39.0 Å². The maximum absolute atomic E-state index is 4.33. The van der Waals surface area contributed by atoms with E-state index < -0.39 is 0 Å². The molecular formula is C21H33N5. The van der Waals surface area contributed by atoms with E-state index >= 15 is 0 Å². The molecule has 1 aliphatic heterocycles. The summed E-state index contributed by atoms with van der Waals surface area (Å²) >= 11 is 0. The van der Waals surface area contributed by atoms with Crippen molar-refractivity contribution >= 4 is 16.9 Å². The van der Waals surface area contributed by atoms with Crippen LogP contribution in [0.5, 0.6) is 0 Å². The Balaban J connectivity index is 1.34. The van der Waals surface area contributed by atoms with Gasteiger partial charge >= 0.3 is 0 Å². The molecule has 3 N–H and O–H groups in total. The summed E-state index contributed by atoms with van der Waals surface area (Å²) in [6, 6.07) is 6.59. The van der Waals surface area contributed by atoms with Gasteiger partial charge in [-0.2, -0.15) is 0 Å². The second-order valence-electron chi connectivity index (χ2n) is 7.29. The fourth-order valence-corrected chi connectivity index (χ4v) is 3.72. The minimum Gasteiger partial charge on any atom is -0.361 e. The molecule has 0 spiro atoms. The molecule has 1 aromatic carbocycles. The zero-order valence-corrected chi connectivity index (χ0v) is 16.3. The van der Waals surface area contributed by atoms with Crippen LogP contribution in [0.4, 0.5) is 0 Å². The van der Waals surface area contributed by atoms with Crippen LogP contribution < -0.4 is 10.6 Å². The van der Waals surface area contributed by atoms with E-state index in [-0.39, 0.29) is 0 Å². The van der Waals surface area contributed by atoms with Crippen LogP contribution in [0.2, 0.25) is 0 Å². The minimum absolute atomic E-state index is 0.883. The molecule has 2 aromatic rings. The summed E-state index contributed by atoms with van der Waals surface area (Å²) in [6.45, 7) is 7.83. The number of aromatic amines is 1. The first-order valence-electron chi connectivity index (χ1n) is 10.00. The summed E-state index contributed by atoms with van der Waals surface area (Å²) in [5, 5.41) is 8.18. The third kappa shape index (κ3) is 5.24. The third-order valence-corrected chi connectivity index (χ3v) is 5.23. The second-order valence-corrected chi connectivity index (χ2v) is 7.29. The molecule has 1 aliphatic rings. The summed E-state index contributed by atoms with van der Waals surface area (Å²) < 4.78 is 0. The largest absolute Gasteiger partial charge is 0.361 e. The Labute approximate surface area is 157 Å². The molecular weight excluding hydrogens is 322 g/mol. The van der Waals surface area contributed by atoms with Crippen molar-refractivity contribution in [3.63, 3.8) is 0 Å². The minimum atomic E-state index is 0.883. The number of fused-ring (bicyclic) bond motifs is 1. The zero-order valence-electron chi connectivity index (χ0n) is 16.3.